The molecule has 0 spiro atoms. The summed E-state index contributed by atoms with van der Waals surface area (Å²) in [4.78, 5) is 10.7. The number of hydrogen-bond acceptors (Lipinski definition) is 4. The van der Waals surface area contributed by atoms with Crippen molar-refractivity contribution < 1.29 is 24.5 Å². The Bertz CT molecular complexity index is 414. The molecule has 1 atom stereocenters. The summed E-state index contributed by atoms with van der Waals surface area (Å²) in [5, 5.41) is 26.9. The molecule has 5 nitrogen and oxygen atoms in total. The summed E-state index contributed by atoms with van der Waals surface area (Å²) in [5.74, 6) is -2.84. The maximum Gasteiger partial charge on any atom is 0.339 e. The van der Waals surface area contributed by atoms with E-state index in [1.165, 1.54) is 0 Å². The SMILES string of the molecule is Cl.N[C@H](CCO)c1c(F)ccc(C(=O)O)c1O. The topological polar surface area (TPSA) is 104 Å². The molecule has 1 rings (SSSR count). The van der Waals surface area contributed by atoms with E-state index in [9.17, 15) is 14.3 Å². The number of aliphatic hydroxyl groups is 1. The monoisotopic (exact) mass is 265 g/mol. The lowest BCUT2D eigenvalue weighted by Gasteiger charge is -2.14. The number of rotatable bonds is 4. The highest BCUT2D eigenvalue weighted by molar-refractivity contribution is 5.91. The molecule has 0 amide bonds. The average molecular weight is 266 g/mol. The van der Waals surface area contributed by atoms with Crippen LogP contribution in [0.3, 0.4) is 0 Å². The number of carboxylic acid groups (broad SMARTS) is 1. The average Bonchev–Trinajstić information content (AvgIpc) is 2.17. The third-order valence-electron chi connectivity index (χ3n) is 2.21. The van der Waals surface area contributed by atoms with Gasteiger partial charge in [-0.25, -0.2) is 9.18 Å². The van der Waals surface area contributed by atoms with Crippen LogP contribution in [-0.2, 0) is 0 Å². The Morgan fingerprint density at radius 1 is 1.47 bits per heavy atom. The van der Waals surface area contributed by atoms with Crippen LogP contribution < -0.4 is 5.73 Å². The van der Waals surface area contributed by atoms with Crippen molar-refractivity contribution in [3.05, 3.63) is 29.1 Å². The van der Waals surface area contributed by atoms with Crippen molar-refractivity contribution in [1.82, 2.24) is 0 Å². The highest BCUT2D eigenvalue weighted by Crippen LogP contribution is 2.30. The van der Waals surface area contributed by atoms with Crippen molar-refractivity contribution in [2.75, 3.05) is 6.61 Å². The van der Waals surface area contributed by atoms with Gasteiger partial charge in [0.15, 0.2) is 0 Å². The van der Waals surface area contributed by atoms with Gasteiger partial charge in [-0.1, -0.05) is 0 Å². The normalized spacial score (nSPS) is 11.7. The van der Waals surface area contributed by atoms with E-state index < -0.39 is 29.1 Å². The van der Waals surface area contributed by atoms with Gasteiger partial charge in [0.05, 0.1) is 0 Å². The molecular formula is C10H13ClFNO4. The lowest BCUT2D eigenvalue weighted by Crippen LogP contribution is -2.15. The van der Waals surface area contributed by atoms with Crippen molar-refractivity contribution in [3.8, 4) is 5.75 Å². The first-order valence-corrected chi connectivity index (χ1v) is 4.60. The Morgan fingerprint density at radius 3 is 2.53 bits per heavy atom. The number of phenols is 1. The van der Waals surface area contributed by atoms with Gasteiger partial charge in [-0.3, -0.25) is 0 Å². The molecule has 0 aromatic heterocycles. The molecule has 0 radical (unpaired) electrons. The zero-order valence-corrected chi connectivity index (χ0v) is 9.58. The predicted octanol–water partition coefficient (Wildman–Crippen LogP) is 1.03. The van der Waals surface area contributed by atoms with Crippen molar-refractivity contribution in [3.63, 3.8) is 0 Å². The molecule has 0 saturated carbocycles. The minimum Gasteiger partial charge on any atom is -0.507 e. The molecule has 0 heterocycles. The summed E-state index contributed by atoms with van der Waals surface area (Å²) in [6.07, 6.45) is 0.0353. The summed E-state index contributed by atoms with van der Waals surface area (Å²) in [6, 6.07) is 0.946. The van der Waals surface area contributed by atoms with Crippen LogP contribution in [0.2, 0.25) is 0 Å². The first kappa shape index (κ1) is 15.6. The van der Waals surface area contributed by atoms with Gasteiger partial charge in [-0.15, -0.1) is 12.4 Å². The van der Waals surface area contributed by atoms with Crippen molar-refractivity contribution in [1.29, 1.82) is 0 Å². The Labute approximate surface area is 103 Å². The molecule has 5 N–H and O–H groups in total. The fourth-order valence-corrected chi connectivity index (χ4v) is 1.39. The molecule has 0 saturated heterocycles. The van der Waals surface area contributed by atoms with Gasteiger partial charge in [0.1, 0.15) is 17.1 Å². The number of carbonyl (C=O) groups is 1. The van der Waals surface area contributed by atoms with Gasteiger partial charge >= 0.3 is 5.97 Å². The molecule has 0 fully saturated rings. The number of aromatic hydroxyl groups is 1. The van der Waals surface area contributed by atoms with Crippen LogP contribution in [0, 0.1) is 5.82 Å². The highest BCUT2D eigenvalue weighted by Gasteiger charge is 2.21. The zero-order chi connectivity index (χ0) is 12.3. The number of aromatic carboxylic acids is 1. The van der Waals surface area contributed by atoms with Crippen LogP contribution >= 0.6 is 12.4 Å². The van der Waals surface area contributed by atoms with Crippen LogP contribution in [0.15, 0.2) is 12.1 Å². The molecule has 96 valence electrons. The van der Waals surface area contributed by atoms with E-state index in [0.717, 1.165) is 12.1 Å². The number of nitrogens with two attached hydrogens (primary N) is 1. The number of carboxylic acids is 1. The third-order valence-corrected chi connectivity index (χ3v) is 2.21. The predicted molar refractivity (Wildman–Crippen MR) is 60.9 cm³/mol. The van der Waals surface area contributed by atoms with Crippen LogP contribution in [0.25, 0.3) is 0 Å². The van der Waals surface area contributed by atoms with E-state index in [4.69, 9.17) is 15.9 Å². The Morgan fingerprint density at radius 2 is 2.06 bits per heavy atom. The summed E-state index contributed by atoms with van der Waals surface area (Å²) >= 11 is 0. The van der Waals surface area contributed by atoms with Crippen LogP contribution in [0.5, 0.6) is 5.75 Å². The largest absolute Gasteiger partial charge is 0.507 e. The second kappa shape index (κ2) is 6.39. The second-order valence-corrected chi connectivity index (χ2v) is 3.28. The maximum atomic E-state index is 13.4. The molecule has 0 bridgehead atoms. The van der Waals surface area contributed by atoms with E-state index in [1.807, 2.05) is 0 Å². The molecule has 17 heavy (non-hydrogen) atoms. The second-order valence-electron chi connectivity index (χ2n) is 3.28. The fourth-order valence-electron chi connectivity index (χ4n) is 1.39. The minimum absolute atomic E-state index is 0. The summed E-state index contributed by atoms with van der Waals surface area (Å²) < 4.78 is 13.4. The molecule has 7 heteroatoms. The van der Waals surface area contributed by atoms with Crippen LogP contribution in [0.1, 0.15) is 28.4 Å². The Kier molecular flexibility index (Phi) is 5.87. The van der Waals surface area contributed by atoms with E-state index in [0.29, 0.717) is 0 Å². The summed E-state index contributed by atoms with van der Waals surface area (Å²) in [6.45, 7) is -0.280. The fraction of sp³-hybridized carbons (Fsp3) is 0.300. The van der Waals surface area contributed by atoms with Crippen molar-refractivity contribution >= 4 is 18.4 Å². The summed E-state index contributed by atoms with van der Waals surface area (Å²) in [5.41, 5.74) is 4.83. The third kappa shape index (κ3) is 3.29. The van der Waals surface area contributed by atoms with Gasteiger partial charge < -0.3 is 21.1 Å². The molecule has 1 aromatic carbocycles. The van der Waals surface area contributed by atoms with Gasteiger partial charge in [-0.2, -0.15) is 0 Å². The molecule has 0 aliphatic rings. The lowest BCUT2D eigenvalue weighted by molar-refractivity contribution is 0.0693. The maximum absolute atomic E-state index is 13.4. The first-order valence-electron chi connectivity index (χ1n) is 4.60. The number of hydrogen-bond donors (Lipinski definition) is 4. The van der Waals surface area contributed by atoms with Crippen molar-refractivity contribution in [2.45, 2.75) is 12.5 Å². The molecule has 1 aromatic rings. The smallest absolute Gasteiger partial charge is 0.339 e. The number of halogens is 2. The molecular weight excluding hydrogens is 253 g/mol. The first-order chi connectivity index (χ1) is 7.49. The van der Waals surface area contributed by atoms with Gasteiger partial charge in [-0.05, 0) is 18.6 Å². The zero-order valence-electron chi connectivity index (χ0n) is 8.76. The van der Waals surface area contributed by atoms with E-state index in [-0.39, 0.29) is 31.0 Å². The lowest BCUT2D eigenvalue weighted by atomic mass is 10.00. The Hall–Kier alpha value is -1.37. The van der Waals surface area contributed by atoms with E-state index >= 15 is 0 Å². The number of aliphatic hydroxyl groups excluding tert-OH is 1. The Balaban J connectivity index is 0.00000256. The summed E-state index contributed by atoms with van der Waals surface area (Å²) in [7, 11) is 0. The van der Waals surface area contributed by atoms with Gasteiger partial charge in [0.2, 0.25) is 0 Å². The van der Waals surface area contributed by atoms with Crippen LogP contribution in [-0.4, -0.2) is 27.9 Å². The van der Waals surface area contributed by atoms with Gasteiger partial charge in [0.25, 0.3) is 0 Å². The van der Waals surface area contributed by atoms with E-state index in [1.54, 1.807) is 0 Å². The quantitative estimate of drug-likeness (QED) is 0.651. The highest BCUT2D eigenvalue weighted by atomic mass is 35.5. The van der Waals surface area contributed by atoms with Crippen molar-refractivity contribution in [2.24, 2.45) is 5.73 Å². The molecule has 0 aliphatic carbocycles. The van der Waals surface area contributed by atoms with E-state index in [2.05, 4.69) is 0 Å². The minimum atomic E-state index is -1.37. The number of benzene rings is 1. The molecule has 0 aliphatic heterocycles. The van der Waals surface area contributed by atoms with Gasteiger partial charge in [0, 0.05) is 18.2 Å². The molecule has 0 unspecified atom stereocenters. The van der Waals surface area contributed by atoms with Crippen LogP contribution in [0.4, 0.5) is 4.39 Å². The standard InChI is InChI=1S/C10H12FNO4.ClH/c11-6-2-1-5(10(15)16)9(14)8(6)7(12)3-4-13;/h1-2,7,13-14H,3-4,12H2,(H,15,16);1H/t7-;/m1./s1.